The zero-order valence-electron chi connectivity index (χ0n) is 89.5. The molecule has 0 saturated carbocycles. The second-order valence-corrected chi connectivity index (χ2v) is 38.5. The fourth-order valence-electron chi connectivity index (χ4n) is 18.4. The van der Waals surface area contributed by atoms with Gasteiger partial charge in [0.25, 0.3) is 0 Å². The molecule has 0 aromatic rings. The van der Waals surface area contributed by atoms with E-state index >= 15 is 0 Å². The van der Waals surface area contributed by atoms with E-state index < -0.39 is 15.6 Å². The molecule has 0 bridgehead atoms. The molecule has 22 heteroatoms. The van der Waals surface area contributed by atoms with Crippen molar-refractivity contribution in [1.29, 1.82) is 0 Å². The average molecular weight is 1840 g/mol. The second-order valence-electron chi connectivity index (χ2n) is 36.7. The van der Waals surface area contributed by atoms with Crippen molar-refractivity contribution in [2.24, 2.45) is 0 Å². The third kappa shape index (κ3) is 93.5. The molecule has 0 amide bonds. The lowest BCUT2D eigenvalue weighted by Crippen LogP contribution is -2.57. The topological polar surface area (TPSA) is 362 Å². The lowest BCUT2D eigenvalue weighted by Gasteiger charge is -2.45. The first-order valence-electron chi connectivity index (χ1n) is 52.9. The molecule has 20 nitrogen and oxygen atoms in total. The van der Waals surface area contributed by atoms with Gasteiger partial charge in [0.1, 0.15) is 0 Å². The van der Waals surface area contributed by atoms with Gasteiger partial charge in [-0.25, -0.2) is 0 Å². The molecule has 124 heavy (non-hydrogen) atoms. The van der Waals surface area contributed by atoms with Crippen molar-refractivity contribution in [2.75, 3.05) is 137 Å². The lowest BCUT2D eigenvalue weighted by molar-refractivity contribution is -0.952. The van der Waals surface area contributed by atoms with Gasteiger partial charge in [-0.1, -0.05) is 341 Å². The zero-order chi connectivity index (χ0) is 91.6. The molecule has 0 heterocycles. The zero-order valence-corrected chi connectivity index (χ0v) is 91.3. The van der Waals surface area contributed by atoms with Crippen LogP contribution in [-0.2, 0) is 9.13 Å². The summed E-state index contributed by atoms with van der Waals surface area (Å²) >= 11 is 0. The minimum Gasteiger partial charge on any atom is -0.822 e. The first-order valence-corrected chi connectivity index (χ1v) is 55.8. The maximum Gasteiger partial charge on any atom is 0.0887 e. The molecule has 772 valence electrons. The Kier molecular flexibility index (Phi) is 137. The highest BCUT2D eigenvalue weighted by Gasteiger charge is 2.37. The largest absolute Gasteiger partial charge is 0.822 e. The molecule has 0 aliphatic heterocycles. The Labute approximate surface area is 779 Å². The highest BCUT2D eigenvalue weighted by Crippen LogP contribution is 2.30. The lowest BCUT2D eigenvalue weighted by atomic mass is 10.0. The first kappa shape index (κ1) is 155. The van der Waals surface area contributed by atoms with E-state index in [0.717, 1.165) is 18.1 Å². The maximum atomic E-state index is 8.55. The van der Waals surface area contributed by atoms with Crippen LogP contribution in [0.4, 0.5) is 0 Å². The molecule has 0 saturated heterocycles. The summed E-state index contributed by atoms with van der Waals surface area (Å²) in [5.41, 5.74) is 0. The molecule has 0 aromatic heterocycles. The Bertz CT molecular complexity index is 1620. The minimum absolute atomic E-state index is 0. The van der Waals surface area contributed by atoms with Crippen LogP contribution in [0.15, 0.2) is 0 Å². The van der Waals surface area contributed by atoms with E-state index in [4.69, 9.17) is 38.5 Å². The van der Waals surface area contributed by atoms with Crippen LogP contribution < -0.4 is 29.4 Å². The van der Waals surface area contributed by atoms with Crippen molar-refractivity contribution < 1.29 is 98.2 Å². The number of phosphoric acid groups is 2. The SMILES string of the molecule is CCCC[N+](CCCC)(CCCC)C(CC)CCC.CCCC[N+](CCCC)(CCCC)C(CC)CCC.CCCC[N+](CCCC)(CCCC)C(CC)CCC.CCCC[N+](CCCC)(CCCC)CCCC.CCCC[N+](CCCC)(CCCC)CCCC.CCCC[N+](CCCC)(CCCC)CCCC.O.O.O.O.O.O.O=P([O-])([O-])[O-].O=P([O-])([O-])[O-]. The van der Waals surface area contributed by atoms with E-state index in [0.29, 0.717) is 0 Å². The minimum atomic E-state index is -5.39. The number of unbranched alkanes of at least 4 members (excludes halogenated alkanes) is 21. The van der Waals surface area contributed by atoms with Gasteiger partial charge in [0.2, 0.25) is 0 Å². The van der Waals surface area contributed by atoms with Gasteiger partial charge >= 0.3 is 0 Å². The summed E-state index contributed by atoms with van der Waals surface area (Å²) in [6, 6.07) is 2.74. The molecule has 3 unspecified atom stereocenters. The fourth-order valence-corrected chi connectivity index (χ4v) is 18.4. The van der Waals surface area contributed by atoms with Crippen molar-refractivity contribution in [3.05, 3.63) is 0 Å². The van der Waals surface area contributed by atoms with Crippen LogP contribution in [0.25, 0.3) is 0 Å². The van der Waals surface area contributed by atoms with E-state index in [-0.39, 0.29) is 32.9 Å². The summed E-state index contributed by atoms with van der Waals surface area (Å²) in [4.78, 5) is 51.3. The number of hydrogen-bond donors (Lipinski definition) is 0. The molecule has 0 spiro atoms. The van der Waals surface area contributed by atoms with Gasteiger partial charge in [0.05, 0.1) is 156 Å². The fraction of sp³-hybridized carbons (Fsp3) is 1.00. The Morgan fingerprint density at radius 1 is 0.161 bits per heavy atom. The number of hydrogen-bond acceptors (Lipinski definition) is 8. The Morgan fingerprint density at radius 2 is 0.242 bits per heavy atom. The summed E-state index contributed by atoms with van der Waals surface area (Å²) < 4.78 is 25.6. The predicted octanol–water partition coefficient (Wildman–Crippen LogP) is 21.8. The van der Waals surface area contributed by atoms with Gasteiger partial charge < -0.3 is 98.2 Å². The highest BCUT2D eigenvalue weighted by molar-refractivity contribution is 7.40. The van der Waals surface area contributed by atoms with Gasteiger partial charge in [-0.15, -0.1) is 0 Å². The van der Waals surface area contributed by atoms with Crippen LogP contribution in [0.3, 0.4) is 0 Å². The summed E-state index contributed by atoms with van der Waals surface area (Å²) in [7, 11) is -10.8. The molecule has 0 rings (SSSR count). The van der Waals surface area contributed by atoms with Gasteiger partial charge in [-0.05, 0) is 173 Å². The van der Waals surface area contributed by atoms with E-state index in [9.17, 15) is 0 Å². The quantitative estimate of drug-likeness (QED) is 0.0415. The van der Waals surface area contributed by atoms with Crippen molar-refractivity contribution in [2.45, 2.75) is 533 Å². The van der Waals surface area contributed by atoms with Crippen LogP contribution in [-0.4, -0.2) is 215 Å². The van der Waals surface area contributed by atoms with Gasteiger partial charge in [-0.3, -0.25) is 0 Å². The summed E-state index contributed by atoms with van der Waals surface area (Å²) in [6.07, 6.45) is 70.4. The molecule has 3 atom stereocenters. The number of nitrogens with zero attached hydrogens (tertiary/aromatic N) is 6. The standard InChI is InChI=1S/3C18H40N.3C16H36N.2H3O4P.6H2O/c3*1-6-11-15-19(16-12-7-2,17-13-8-3)18(10-5)14-9-4;3*1-5-9-13-17(14-10-6-2,15-11-7-3)16-12-8-4;2*1-5(2,3)4;;;;;;/h3*18H,6-17H2,1-5H3;3*5-16H2,1-4H3;2*(H3,1,2,3,4);6*1H2/q6*+1;;;;;;;;/p-6. The molecule has 12 N–H and O–H groups in total. The number of rotatable bonds is 75. The van der Waals surface area contributed by atoms with Gasteiger partial charge in [-0.2, -0.15) is 15.6 Å². The van der Waals surface area contributed by atoms with Crippen LogP contribution in [0.2, 0.25) is 0 Å². The summed E-state index contributed by atoms with van der Waals surface area (Å²) in [5.74, 6) is 0. The monoisotopic (exact) mass is 1840 g/mol. The van der Waals surface area contributed by atoms with E-state index in [1.165, 1.54) is 492 Å². The normalized spacial score (nSPS) is 12.2. The first-order chi connectivity index (χ1) is 56.3. The van der Waals surface area contributed by atoms with E-state index in [1.807, 2.05) is 0 Å². The smallest absolute Gasteiger partial charge is 0.0887 e. The second kappa shape index (κ2) is 110. The van der Waals surface area contributed by atoms with E-state index in [1.54, 1.807) is 0 Å². The third-order valence-corrected chi connectivity index (χ3v) is 26.0. The van der Waals surface area contributed by atoms with Crippen molar-refractivity contribution in [3.8, 4) is 0 Å². The number of quaternary nitrogens is 6. The Balaban J connectivity index is -0.0000000944. The molecule has 0 fully saturated rings. The average Bonchev–Trinajstić information content (AvgIpc) is 0.835. The molecule has 0 aliphatic carbocycles. The van der Waals surface area contributed by atoms with Crippen molar-refractivity contribution in [3.63, 3.8) is 0 Å². The molecular weight excluding hydrogens is 1600 g/mol. The van der Waals surface area contributed by atoms with Gasteiger partial charge in [0, 0.05) is 0 Å². The molecule has 0 aliphatic rings. The summed E-state index contributed by atoms with van der Waals surface area (Å²) in [6.45, 7) is 93.3. The van der Waals surface area contributed by atoms with Crippen LogP contribution >= 0.6 is 15.6 Å². The van der Waals surface area contributed by atoms with Crippen molar-refractivity contribution >= 4 is 15.6 Å². The third-order valence-electron chi connectivity index (χ3n) is 26.0. The van der Waals surface area contributed by atoms with Crippen LogP contribution in [0.5, 0.6) is 0 Å². The summed E-state index contributed by atoms with van der Waals surface area (Å²) in [5, 5.41) is 0. The maximum absolute atomic E-state index is 8.55. The predicted molar refractivity (Wildman–Crippen MR) is 541 cm³/mol. The molecular formula is C102H240N6O14P2. The molecule has 0 radical (unpaired) electrons. The van der Waals surface area contributed by atoms with Crippen LogP contribution in [0, 0.1) is 0 Å². The Hall–Kier alpha value is -0.260. The van der Waals surface area contributed by atoms with Gasteiger partial charge in [0.15, 0.2) is 0 Å². The highest BCUT2D eigenvalue weighted by atomic mass is 31.2. The van der Waals surface area contributed by atoms with Crippen molar-refractivity contribution in [1.82, 2.24) is 0 Å². The van der Waals surface area contributed by atoms with E-state index in [2.05, 4.69) is 187 Å². The molecule has 0 aromatic carbocycles. The van der Waals surface area contributed by atoms with Crippen LogP contribution in [0.1, 0.15) is 514 Å². The Morgan fingerprint density at radius 3 is 0.306 bits per heavy atom.